The number of fused-ring (bicyclic) bond motifs is 1. The van der Waals surface area contributed by atoms with Crippen molar-refractivity contribution in [3.05, 3.63) is 58.1 Å². The Morgan fingerprint density at radius 1 is 1.23 bits per heavy atom. The van der Waals surface area contributed by atoms with Crippen molar-refractivity contribution in [2.75, 3.05) is 37.7 Å². The first-order chi connectivity index (χ1) is 15.1. The summed E-state index contributed by atoms with van der Waals surface area (Å²) in [4.78, 5) is 34.2. The van der Waals surface area contributed by atoms with Crippen LogP contribution >= 0.6 is 0 Å². The maximum atomic E-state index is 12.5. The molecule has 164 valence electrons. The van der Waals surface area contributed by atoms with E-state index >= 15 is 0 Å². The average Bonchev–Trinajstić information content (AvgIpc) is 3.20. The van der Waals surface area contributed by atoms with E-state index < -0.39 is 0 Å². The first-order valence-corrected chi connectivity index (χ1v) is 10.8. The predicted molar refractivity (Wildman–Crippen MR) is 121 cm³/mol. The van der Waals surface area contributed by atoms with Crippen molar-refractivity contribution in [3.8, 4) is 0 Å². The number of aryl methyl sites for hydroxylation is 2. The molecule has 4 rings (SSSR count). The van der Waals surface area contributed by atoms with E-state index in [9.17, 15) is 9.59 Å². The molecule has 0 bridgehead atoms. The van der Waals surface area contributed by atoms with E-state index in [2.05, 4.69) is 44.2 Å². The van der Waals surface area contributed by atoms with Gasteiger partial charge in [0.1, 0.15) is 0 Å². The molecule has 0 spiro atoms. The van der Waals surface area contributed by atoms with Gasteiger partial charge >= 0.3 is 0 Å². The summed E-state index contributed by atoms with van der Waals surface area (Å²) in [6, 6.07) is 10.4. The lowest BCUT2D eigenvalue weighted by molar-refractivity contribution is -0.121. The van der Waals surface area contributed by atoms with Crippen molar-refractivity contribution in [1.82, 2.24) is 19.9 Å². The Labute approximate surface area is 181 Å². The van der Waals surface area contributed by atoms with E-state index in [1.54, 1.807) is 0 Å². The summed E-state index contributed by atoms with van der Waals surface area (Å²) < 4.78 is 7.54. The number of benzene rings is 1. The van der Waals surface area contributed by atoms with Crippen LogP contribution in [0.3, 0.4) is 0 Å². The summed E-state index contributed by atoms with van der Waals surface area (Å²) in [5.74, 6) is 0.532. The molecule has 8 heteroatoms. The molecule has 0 saturated carbocycles. The number of nitrogens with zero attached hydrogens (tertiary/aromatic N) is 3. The topological polar surface area (TPSA) is 92.2 Å². The second-order valence-corrected chi connectivity index (χ2v) is 7.82. The van der Waals surface area contributed by atoms with Crippen LogP contribution in [-0.2, 0) is 22.5 Å². The summed E-state index contributed by atoms with van der Waals surface area (Å²) >= 11 is 0. The molecule has 0 radical (unpaired) electrons. The van der Waals surface area contributed by atoms with Gasteiger partial charge < -0.3 is 19.5 Å². The molecule has 31 heavy (non-hydrogen) atoms. The monoisotopic (exact) mass is 423 g/mol. The van der Waals surface area contributed by atoms with E-state index in [0.29, 0.717) is 56.5 Å². The quantitative estimate of drug-likeness (QED) is 0.541. The number of aromatic nitrogens is 3. The van der Waals surface area contributed by atoms with Gasteiger partial charge in [-0.1, -0.05) is 18.2 Å². The summed E-state index contributed by atoms with van der Waals surface area (Å²) in [5, 5.41) is 4.18. The van der Waals surface area contributed by atoms with E-state index in [0.717, 1.165) is 13.0 Å². The maximum Gasteiger partial charge on any atom is 0.255 e. The summed E-state index contributed by atoms with van der Waals surface area (Å²) in [6.07, 6.45) is 3.58. The van der Waals surface area contributed by atoms with Gasteiger partial charge in [0.2, 0.25) is 11.9 Å². The van der Waals surface area contributed by atoms with Crippen molar-refractivity contribution in [2.45, 2.75) is 32.7 Å². The Morgan fingerprint density at radius 2 is 2.03 bits per heavy atom. The van der Waals surface area contributed by atoms with Gasteiger partial charge in [0.15, 0.2) is 0 Å². The Balaban J connectivity index is 1.24. The lowest BCUT2D eigenvalue weighted by Crippen LogP contribution is -2.38. The minimum Gasteiger partial charge on any atom is -0.378 e. The molecule has 0 aliphatic carbocycles. The normalized spacial score (nSPS) is 14.2. The molecule has 2 N–H and O–H groups in total. The fourth-order valence-electron chi connectivity index (χ4n) is 3.95. The summed E-state index contributed by atoms with van der Waals surface area (Å²) in [5.41, 5.74) is 2.29. The highest BCUT2D eigenvalue weighted by Gasteiger charge is 2.16. The molecule has 3 heterocycles. The Kier molecular flexibility index (Phi) is 6.66. The number of anilines is 1. The number of amides is 1. The molecule has 1 amide bonds. The Hall–Kier alpha value is -3.13. The second kappa shape index (κ2) is 9.78. The lowest BCUT2D eigenvalue weighted by Gasteiger charge is -2.27. The number of hydrogen-bond donors (Lipinski definition) is 2. The minimum atomic E-state index is -0.165. The van der Waals surface area contributed by atoms with Gasteiger partial charge in [0.25, 0.3) is 5.56 Å². The van der Waals surface area contributed by atoms with Gasteiger partial charge in [-0.25, -0.2) is 4.98 Å². The van der Waals surface area contributed by atoms with Crippen molar-refractivity contribution in [3.63, 3.8) is 0 Å². The molecule has 1 fully saturated rings. The summed E-state index contributed by atoms with van der Waals surface area (Å²) in [6.45, 7) is 5.96. The number of carbonyl (C=O) groups excluding carboxylic acids is 1. The molecule has 2 aromatic heterocycles. The van der Waals surface area contributed by atoms with Crippen LogP contribution in [0.15, 0.2) is 41.3 Å². The van der Waals surface area contributed by atoms with E-state index in [1.807, 2.05) is 24.0 Å². The number of nitrogens with one attached hydrogen (secondary N) is 2. The van der Waals surface area contributed by atoms with Crippen LogP contribution in [0.5, 0.6) is 0 Å². The molecule has 1 saturated heterocycles. The molecule has 0 atom stereocenters. The first kappa shape index (κ1) is 21.1. The van der Waals surface area contributed by atoms with Crippen molar-refractivity contribution >= 4 is 22.8 Å². The SMILES string of the molecule is Cc1nc(N2CCOCC2)[nH]c(=O)c1CCC(=O)NCCCn1ccc2ccccc21. The molecule has 0 unspecified atom stereocenters. The molecule has 8 nitrogen and oxygen atoms in total. The number of para-hydroxylation sites is 1. The molecule has 1 aliphatic rings. The number of aromatic amines is 1. The van der Waals surface area contributed by atoms with E-state index in [4.69, 9.17) is 4.74 Å². The molecule has 3 aromatic rings. The predicted octanol–water partition coefficient (Wildman–Crippen LogP) is 2.01. The highest BCUT2D eigenvalue weighted by atomic mass is 16.5. The van der Waals surface area contributed by atoms with Gasteiger partial charge in [-0.2, -0.15) is 0 Å². The second-order valence-electron chi connectivity index (χ2n) is 7.82. The van der Waals surface area contributed by atoms with Crippen LogP contribution in [0.1, 0.15) is 24.1 Å². The van der Waals surface area contributed by atoms with Gasteiger partial charge in [-0.05, 0) is 37.3 Å². The van der Waals surface area contributed by atoms with Gasteiger partial charge in [0, 0.05) is 55.6 Å². The highest BCUT2D eigenvalue weighted by molar-refractivity contribution is 5.79. The highest BCUT2D eigenvalue weighted by Crippen LogP contribution is 2.15. The number of ether oxygens (including phenoxy) is 1. The fourth-order valence-corrected chi connectivity index (χ4v) is 3.95. The fraction of sp³-hybridized carbons (Fsp3) is 0.435. The molecule has 1 aliphatic heterocycles. The Morgan fingerprint density at radius 3 is 2.84 bits per heavy atom. The van der Waals surface area contributed by atoms with Gasteiger partial charge in [-0.3, -0.25) is 14.6 Å². The van der Waals surface area contributed by atoms with Crippen LogP contribution in [0, 0.1) is 6.92 Å². The zero-order valence-electron chi connectivity index (χ0n) is 17.9. The zero-order valence-corrected chi connectivity index (χ0v) is 17.9. The third-order valence-corrected chi connectivity index (χ3v) is 5.70. The standard InChI is InChI=1S/C23H29N5O3/c1-17-19(22(30)26-23(25-17)28-13-15-31-16-14-28)7-8-21(29)24-10-4-11-27-12-9-18-5-2-3-6-20(18)27/h2-3,5-6,9,12H,4,7-8,10-11,13-16H2,1H3,(H,24,29)(H,25,26,30). The van der Waals surface area contributed by atoms with Crippen molar-refractivity contribution < 1.29 is 9.53 Å². The number of carbonyl (C=O) groups is 1. The van der Waals surface area contributed by atoms with Gasteiger partial charge in [0.05, 0.1) is 13.2 Å². The third kappa shape index (κ3) is 5.14. The van der Waals surface area contributed by atoms with Crippen molar-refractivity contribution in [1.29, 1.82) is 0 Å². The number of H-pyrrole nitrogens is 1. The summed E-state index contributed by atoms with van der Waals surface area (Å²) in [7, 11) is 0. The van der Waals surface area contributed by atoms with E-state index in [-0.39, 0.29) is 17.9 Å². The first-order valence-electron chi connectivity index (χ1n) is 10.8. The largest absolute Gasteiger partial charge is 0.378 e. The van der Waals surface area contributed by atoms with E-state index in [1.165, 1.54) is 10.9 Å². The smallest absolute Gasteiger partial charge is 0.255 e. The molecule has 1 aromatic carbocycles. The van der Waals surface area contributed by atoms with Crippen LogP contribution in [0.25, 0.3) is 10.9 Å². The van der Waals surface area contributed by atoms with Crippen molar-refractivity contribution in [2.24, 2.45) is 0 Å². The maximum absolute atomic E-state index is 12.5. The number of rotatable bonds is 8. The third-order valence-electron chi connectivity index (χ3n) is 5.70. The Bertz CT molecular complexity index is 1100. The zero-order chi connectivity index (χ0) is 21.6. The number of morpholine rings is 1. The average molecular weight is 424 g/mol. The minimum absolute atomic E-state index is 0.0478. The van der Waals surface area contributed by atoms with Gasteiger partial charge in [-0.15, -0.1) is 0 Å². The van der Waals surface area contributed by atoms with Crippen LogP contribution < -0.4 is 15.8 Å². The number of hydrogen-bond acceptors (Lipinski definition) is 5. The van der Waals surface area contributed by atoms with Crippen LogP contribution in [-0.4, -0.2) is 53.3 Å². The molecular formula is C23H29N5O3. The molecular weight excluding hydrogens is 394 g/mol. The lowest BCUT2D eigenvalue weighted by atomic mass is 10.1. The van der Waals surface area contributed by atoms with Crippen LogP contribution in [0.4, 0.5) is 5.95 Å². The van der Waals surface area contributed by atoms with Crippen LogP contribution in [0.2, 0.25) is 0 Å².